The average Bonchev–Trinajstić information content (AvgIpc) is 2.79. The van der Waals surface area contributed by atoms with Gasteiger partial charge in [-0.05, 0) is 40.2 Å². The third-order valence-electron chi connectivity index (χ3n) is 2.88. The van der Waals surface area contributed by atoms with E-state index in [0.29, 0.717) is 20.0 Å². The molecule has 0 spiro atoms. The minimum atomic E-state index is -0.731. The van der Waals surface area contributed by atoms with Gasteiger partial charge in [0.2, 0.25) is 0 Å². The number of carbonyl (C=O) groups excluding carboxylic acids is 1. The van der Waals surface area contributed by atoms with Crippen molar-refractivity contribution in [3.63, 3.8) is 0 Å². The molecule has 0 bridgehead atoms. The molecule has 2 N–H and O–H groups in total. The van der Waals surface area contributed by atoms with Crippen LogP contribution in [-0.2, 0) is 0 Å². The highest BCUT2D eigenvalue weighted by atomic mass is 79.9. The quantitative estimate of drug-likeness (QED) is 0.701. The lowest BCUT2D eigenvalue weighted by Gasteiger charge is -2.06. The van der Waals surface area contributed by atoms with Gasteiger partial charge >= 0.3 is 0 Å². The van der Waals surface area contributed by atoms with E-state index in [4.69, 9.17) is 5.73 Å². The maximum atomic E-state index is 14.1. The summed E-state index contributed by atoms with van der Waals surface area (Å²) in [6, 6.07) is 6.13. The van der Waals surface area contributed by atoms with Gasteiger partial charge < -0.3 is 5.73 Å². The Balaban J connectivity index is 2.39. The molecule has 0 saturated heterocycles. The highest BCUT2D eigenvalue weighted by Gasteiger charge is 2.21. The summed E-state index contributed by atoms with van der Waals surface area (Å²) in [5, 5.41) is 4.25. The van der Waals surface area contributed by atoms with Gasteiger partial charge in [0, 0.05) is 15.1 Å². The van der Waals surface area contributed by atoms with E-state index in [2.05, 4.69) is 41.9 Å². The van der Waals surface area contributed by atoms with E-state index in [-0.39, 0.29) is 11.4 Å². The van der Waals surface area contributed by atoms with E-state index < -0.39 is 11.7 Å². The molecule has 106 valence electrons. The van der Waals surface area contributed by atoms with Crippen molar-refractivity contribution in [3.05, 3.63) is 50.9 Å². The smallest absolute Gasteiger partial charge is 0.269 e. The number of amides is 1. The van der Waals surface area contributed by atoms with Gasteiger partial charge in [-0.25, -0.2) is 9.07 Å². The number of aromatic nitrogens is 3. The molecule has 5 nitrogen and oxygen atoms in total. The van der Waals surface area contributed by atoms with Crippen LogP contribution >= 0.6 is 31.9 Å². The normalized spacial score (nSPS) is 11.0. The summed E-state index contributed by atoms with van der Waals surface area (Å²) in [5.41, 5.74) is 6.32. The zero-order valence-corrected chi connectivity index (χ0v) is 13.5. The van der Waals surface area contributed by atoms with Crippen LogP contribution in [0.15, 0.2) is 39.4 Å². The van der Waals surface area contributed by atoms with Crippen LogP contribution in [0.1, 0.15) is 10.5 Å². The van der Waals surface area contributed by atoms with Crippen LogP contribution in [0.3, 0.4) is 0 Å². The molecule has 1 amide bonds. The summed E-state index contributed by atoms with van der Waals surface area (Å²) in [6.45, 7) is 0. The molecular formula is C13H7Br2FN4O. The van der Waals surface area contributed by atoms with Gasteiger partial charge in [0.05, 0.1) is 0 Å². The third kappa shape index (κ3) is 2.34. The Morgan fingerprint density at radius 3 is 2.67 bits per heavy atom. The fraction of sp³-hybridized carbons (Fsp3) is 0. The number of carbonyl (C=O) groups is 1. The van der Waals surface area contributed by atoms with Gasteiger partial charge in [-0.3, -0.25) is 9.78 Å². The number of primary amides is 1. The monoisotopic (exact) mass is 412 g/mol. The first-order valence-corrected chi connectivity index (χ1v) is 7.36. The molecule has 0 unspecified atom stereocenters. The number of rotatable bonds is 2. The molecule has 2 aromatic heterocycles. The van der Waals surface area contributed by atoms with E-state index in [9.17, 15) is 9.18 Å². The number of hydrogen-bond donors (Lipinski definition) is 1. The number of nitrogens with two attached hydrogens (primary N) is 1. The van der Waals surface area contributed by atoms with Gasteiger partial charge in [0.1, 0.15) is 22.5 Å². The summed E-state index contributed by atoms with van der Waals surface area (Å²) in [4.78, 5) is 15.8. The third-order valence-corrected chi connectivity index (χ3v) is 4.02. The average molecular weight is 414 g/mol. The molecule has 1 aromatic carbocycles. The zero-order chi connectivity index (χ0) is 15.1. The molecule has 21 heavy (non-hydrogen) atoms. The summed E-state index contributed by atoms with van der Waals surface area (Å²) in [7, 11) is 0. The maximum Gasteiger partial charge on any atom is 0.269 e. The topological polar surface area (TPSA) is 73.8 Å². The fourth-order valence-electron chi connectivity index (χ4n) is 2.00. The molecule has 0 aliphatic rings. The predicted molar refractivity (Wildman–Crippen MR) is 82.7 cm³/mol. The van der Waals surface area contributed by atoms with Crippen LogP contribution in [0, 0.1) is 5.82 Å². The van der Waals surface area contributed by atoms with E-state index in [1.165, 1.54) is 23.0 Å². The van der Waals surface area contributed by atoms with Crippen molar-refractivity contribution in [1.29, 1.82) is 0 Å². The van der Waals surface area contributed by atoms with Gasteiger partial charge in [0.15, 0.2) is 5.69 Å². The Morgan fingerprint density at radius 1 is 1.24 bits per heavy atom. The first-order chi connectivity index (χ1) is 9.99. The van der Waals surface area contributed by atoms with Crippen LogP contribution in [0.2, 0.25) is 0 Å². The second-order valence-electron chi connectivity index (χ2n) is 4.21. The Labute approximate surface area is 135 Å². The first-order valence-electron chi connectivity index (χ1n) is 5.77. The molecule has 8 heteroatoms. The lowest BCUT2D eigenvalue weighted by atomic mass is 10.2. The van der Waals surface area contributed by atoms with E-state index in [0.717, 1.165) is 0 Å². The molecule has 0 aliphatic carbocycles. The van der Waals surface area contributed by atoms with Crippen molar-refractivity contribution in [3.8, 4) is 5.69 Å². The Morgan fingerprint density at radius 2 is 2.00 bits per heavy atom. The van der Waals surface area contributed by atoms with Gasteiger partial charge in [-0.1, -0.05) is 15.9 Å². The molecule has 2 heterocycles. The Kier molecular flexibility index (Phi) is 3.50. The Hall–Kier alpha value is -1.80. The molecule has 3 aromatic rings. The van der Waals surface area contributed by atoms with Gasteiger partial charge in [-0.2, -0.15) is 5.10 Å². The Bertz CT molecular complexity index is 878. The fourth-order valence-corrected chi connectivity index (χ4v) is 2.72. The SMILES string of the molecule is NC(=O)c1c2nccc(Br)c2nn1-c1ccc(Br)cc1F. The van der Waals surface area contributed by atoms with Gasteiger partial charge in [-0.15, -0.1) is 0 Å². The molecule has 0 atom stereocenters. The van der Waals surface area contributed by atoms with Crippen molar-refractivity contribution in [2.45, 2.75) is 0 Å². The second-order valence-corrected chi connectivity index (χ2v) is 5.98. The maximum absolute atomic E-state index is 14.1. The van der Waals surface area contributed by atoms with Crippen molar-refractivity contribution >= 4 is 48.8 Å². The number of pyridine rings is 1. The van der Waals surface area contributed by atoms with Crippen LogP contribution in [0.25, 0.3) is 16.7 Å². The van der Waals surface area contributed by atoms with E-state index in [1.807, 2.05) is 0 Å². The highest BCUT2D eigenvalue weighted by Crippen LogP contribution is 2.27. The number of halogens is 3. The summed E-state index contributed by atoms with van der Waals surface area (Å²) >= 11 is 6.51. The van der Waals surface area contributed by atoms with Crippen LogP contribution < -0.4 is 5.73 Å². The zero-order valence-electron chi connectivity index (χ0n) is 10.3. The molecule has 0 aliphatic heterocycles. The predicted octanol–water partition coefficient (Wildman–Crippen LogP) is 3.18. The largest absolute Gasteiger partial charge is 0.364 e. The van der Waals surface area contributed by atoms with Crippen molar-refractivity contribution in [1.82, 2.24) is 14.8 Å². The summed E-state index contributed by atoms with van der Waals surface area (Å²) in [5.74, 6) is -1.26. The number of nitrogens with zero attached hydrogens (tertiary/aromatic N) is 3. The lowest BCUT2D eigenvalue weighted by Crippen LogP contribution is -2.18. The van der Waals surface area contributed by atoms with Crippen molar-refractivity contribution < 1.29 is 9.18 Å². The molecule has 0 saturated carbocycles. The van der Waals surface area contributed by atoms with E-state index >= 15 is 0 Å². The van der Waals surface area contributed by atoms with Crippen molar-refractivity contribution in [2.24, 2.45) is 5.73 Å². The highest BCUT2D eigenvalue weighted by molar-refractivity contribution is 9.11. The summed E-state index contributed by atoms with van der Waals surface area (Å²) < 4.78 is 16.5. The van der Waals surface area contributed by atoms with Crippen LogP contribution in [-0.4, -0.2) is 20.7 Å². The van der Waals surface area contributed by atoms with Gasteiger partial charge in [0.25, 0.3) is 5.91 Å². The van der Waals surface area contributed by atoms with Crippen LogP contribution in [0.5, 0.6) is 0 Å². The lowest BCUT2D eigenvalue weighted by molar-refractivity contribution is 0.0994. The summed E-state index contributed by atoms with van der Waals surface area (Å²) in [6.07, 6.45) is 1.52. The molecule has 3 rings (SSSR count). The number of benzene rings is 1. The molecule has 0 fully saturated rings. The first kappa shape index (κ1) is 14.2. The standard InChI is InChI=1S/C13H7Br2FN4O/c14-6-1-2-9(8(16)5-6)20-12(13(17)21)11-10(19-20)7(15)3-4-18-11/h1-5H,(H2,17,21). The second kappa shape index (κ2) is 5.19. The van der Waals surface area contributed by atoms with E-state index in [1.54, 1.807) is 12.1 Å². The number of fused-ring (bicyclic) bond motifs is 1. The number of hydrogen-bond acceptors (Lipinski definition) is 3. The molecule has 0 radical (unpaired) electrons. The minimum absolute atomic E-state index is 0.0347. The molecular weight excluding hydrogens is 407 g/mol. The van der Waals surface area contributed by atoms with Crippen molar-refractivity contribution in [2.75, 3.05) is 0 Å². The van der Waals surface area contributed by atoms with Crippen LogP contribution in [0.4, 0.5) is 4.39 Å². The minimum Gasteiger partial charge on any atom is -0.364 e.